The fraction of sp³-hybridized carbons (Fsp3) is 0.250. The van der Waals surface area contributed by atoms with Gasteiger partial charge in [0, 0.05) is 11.6 Å². The molecule has 0 fully saturated rings. The first-order valence-electron chi connectivity index (χ1n) is 3.38. The summed E-state index contributed by atoms with van der Waals surface area (Å²) in [4.78, 5) is 0. The van der Waals surface area contributed by atoms with Crippen molar-refractivity contribution in [1.82, 2.24) is 0 Å². The predicted octanol–water partition coefficient (Wildman–Crippen LogP) is 1.72. The maximum absolute atomic E-state index is 12.6. The van der Waals surface area contributed by atoms with Crippen LogP contribution in [0.2, 0.25) is 0 Å². The average molecular weight is 174 g/mol. The molecule has 0 saturated heterocycles. The van der Waals surface area contributed by atoms with Gasteiger partial charge in [0.25, 0.3) is 0 Å². The van der Waals surface area contributed by atoms with E-state index in [-0.39, 0.29) is 5.56 Å². The topological polar surface area (TPSA) is 40.5 Å². The maximum atomic E-state index is 12.6. The van der Waals surface area contributed by atoms with Crippen molar-refractivity contribution in [3.63, 3.8) is 0 Å². The third-order valence-electron chi connectivity index (χ3n) is 1.51. The monoisotopic (exact) mass is 174 g/mol. The molecule has 1 rings (SSSR count). The summed E-state index contributed by atoms with van der Waals surface area (Å²) in [7, 11) is 0. The normalized spacial score (nSPS) is 13.0. The maximum Gasteiger partial charge on any atom is 0.168 e. The highest BCUT2D eigenvalue weighted by atomic mass is 19.1. The van der Waals surface area contributed by atoms with Gasteiger partial charge < -0.3 is 10.2 Å². The van der Waals surface area contributed by atoms with Gasteiger partial charge in [0.15, 0.2) is 11.6 Å². The molecule has 0 bridgehead atoms. The molecule has 1 aromatic rings. The van der Waals surface area contributed by atoms with Crippen LogP contribution in [0.15, 0.2) is 12.1 Å². The van der Waals surface area contributed by atoms with Crippen molar-refractivity contribution in [3.8, 4) is 5.75 Å². The Morgan fingerprint density at radius 1 is 1.33 bits per heavy atom. The van der Waals surface area contributed by atoms with E-state index in [4.69, 9.17) is 10.2 Å². The number of hydrogen-bond donors (Lipinski definition) is 2. The molecule has 2 N–H and O–H groups in total. The van der Waals surface area contributed by atoms with Gasteiger partial charge in [0.1, 0.15) is 5.82 Å². The van der Waals surface area contributed by atoms with Crippen LogP contribution in [-0.2, 0) is 0 Å². The minimum absolute atomic E-state index is 0.146. The third kappa shape index (κ3) is 1.53. The van der Waals surface area contributed by atoms with Crippen molar-refractivity contribution in [2.45, 2.75) is 13.0 Å². The zero-order chi connectivity index (χ0) is 9.30. The second-order valence-corrected chi connectivity index (χ2v) is 2.50. The van der Waals surface area contributed by atoms with Gasteiger partial charge in [0.05, 0.1) is 6.10 Å². The molecule has 0 aliphatic carbocycles. The highest BCUT2D eigenvalue weighted by Crippen LogP contribution is 2.27. The van der Waals surface area contributed by atoms with Gasteiger partial charge in [-0.25, -0.2) is 8.78 Å². The van der Waals surface area contributed by atoms with Crippen molar-refractivity contribution in [1.29, 1.82) is 0 Å². The molecule has 0 aromatic heterocycles. The highest BCUT2D eigenvalue weighted by molar-refractivity contribution is 5.35. The Morgan fingerprint density at radius 3 is 2.42 bits per heavy atom. The van der Waals surface area contributed by atoms with Crippen molar-refractivity contribution in [2.75, 3.05) is 0 Å². The van der Waals surface area contributed by atoms with Crippen molar-refractivity contribution >= 4 is 0 Å². The number of phenolic OH excluding ortho intramolecular Hbond substituents is 1. The molecule has 2 nitrogen and oxygen atoms in total. The summed E-state index contributed by atoms with van der Waals surface area (Å²) in [6.45, 7) is 1.31. The summed E-state index contributed by atoms with van der Waals surface area (Å²) in [6, 6.07) is 1.45. The van der Waals surface area contributed by atoms with Gasteiger partial charge >= 0.3 is 0 Å². The molecule has 0 amide bonds. The SMILES string of the molecule is C[C@H](O)c1cc(F)cc(F)c1O. The van der Waals surface area contributed by atoms with Gasteiger partial charge in [0.2, 0.25) is 0 Å². The Morgan fingerprint density at radius 2 is 1.92 bits per heavy atom. The zero-order valence-electron chi connectivity index (χ0n) is 6.38. The van der Waals surface area contributed by atoms with Gasteiger partial charge in [-0.1, -0.05) is 0 Å². The molecular formula is C8H8F2O2. The largest absolute Gasteiger partial charge is 0.505 e. The Hall–Kier alpha value is -1.16. The average Bonchev–Trinajstić information content (AvgIpc) is 1.96. The molecule has 0 heterocycles. The lowest BCUT2D eigenvalue weighted by Gasteiger charge is -2.07. The first kappa shape index (κ1) is 8.93. The van der Waals surface area contributed by atoms with E-state index in [1.165, 1.54) is 6.92 Å². The minimum Gasteiger partial charge on any atom is -0.505 e. The molecule has 66 valence electrons. The molecule has 0 radical (unpaired) electrons. The number of hydrogen-bond acceptors (Lipinski definition) is 2. The molecular weight excluding hydrogens is 166 g/mol. The zero-order valence-corrected chi connectivity index (χ0v) is 6.38. The van der Waals surface area contributed by atoms with E-state index >= 15 is 0 Å². The second kappa shape index (κ2) is 3.06. The van der Waals surface area contributed by atoms with Crippen molar-refractivity contribution in [2.24, 2.45) is 0 Å². The van der Waals surface area contributed by atoms with Crippen LogP contribution in [0.5, 0.6) is 5.75 Å². The summed E-state index contributed by atoms with van der Waals surface area (Å²) in [6.07, 6.45) is -1.09. The van der Waals surface area contributed by atoms with Crippen LogP contribution in [0.3, 0.4) is 0 Å². The Balaban J connectivity index is 3.28. The number of aliphatic hydroxyl groups excluding tert-OH is 1. The summed E-state index contributed by atoms with van der Waals surface area (Å²) in [5.74, 6) is -2.58. The van der Waals surface area contributed by atoms with E-state index in [0.29, 0.717) is 6.07 Å². The molecule has 1 atom stereocenters. The van der Waals surface area contributed by atoms with E-state index in [1.807, 2.05) is 0 Å². The molecule has 1 aromatic carbocycles. The summed E-state index contributed by atoms with van der Waals surface area (Å²) >= 11 is 0. The molecule has 0 spiro atoms. The van der Waals surface area contributed by atoms with Crippen LogP contribution >= 0.6 is 0 Å². The predicted molar refractivity (Wildman–Crippen MR) is 38.7 cm³/mol. The quantitative estimate of drug-likeness (QED) is 0.680. The van der Waals surface area contributed by atoms with Crippen LogP contribution < -0.4 is 0 Å². The Bertz CT molecular complexity index is 297. The first-order chi connectivity index (χ1) is 5.52. The number of rotatable bonds is 1. The Kier molecular flexibility index (Phi) is 2.28. The van der Waals surface area contributed by atoms with Crippen LogP contribution in [0.25, 0.3) is 0 Å². The molecule has 0 unspecified atom stereocenters. The Labute approximate surface area is 68.1 Å². The molecule has 0 aliphatic rings. The van der Waals surface area contributed by atoms with Crippen LogP contribution in [0.4, 0.5) is 8.78 Å². The van der Waals surface area contributed by atoms with E-state index in [9.17, 15) is 8.78 Å². The number of aromatic hydroxyl groups is 1. The number of benzene rings is 1. The fourth-order valence-electron chi connectivity index (χ4n) is 0.904. The lowest BCUT2D eigenvalue weighted by atomic mass is 10.1. The van der Waals surface area contributed by atoms with E-state index in [2.05, 4.69) is 0 Å². The smallest absolute Gasteiger partial charge is 0.168 e. The molecule has 4 heteroatoms. The van der Waals surface area contributed by atoms with E-state index < -0.39 is 23.5 Å². The minimum atomic E-state index is -1.09. The third-order valence-corrected chi connectivity index (χ3v) is 1.51. The van der Waals surface area contributed by atoms with Gasteiger partial charge in [-0.2, -0.15) is 0 Å². The highest BCUT2D eigenvalue weighted by Gasteiger charge is 2.13. The number of aliphatic hydroxyl groups is 1. The van der Waals surface area contributed by atoms with Crippen LogP contribution in [0.1, 0.15) is 18.6 Å². The summed E-state index contributed by atoms with van der Waals surface area (Å²) < 4.78 is 25.1. The van der Waals surface area contributed by atoms with E-state index in [1.54, 1.807) is 0 Å². The van der Waals surface area contributed by atoms with Gasteiger partial charge in [-0.15, -0.1) is 0 Å². The summed E-state index contributed by atoms with van der Waals surface area (Å²) in [5.41, 5.74) is -0.146. The lowest BCUT2D eigenvalue weighted by Crippen LogP contribution is -1.95. The molecule has 12 heavy (non-hydrogen) atoms. The first-order valence-corrected chi connectivity index (χ1v) is 3.38. The van der Waals surface area contributed by atoms with Crippen molar-refractivity contribution in [3.05, 3.63) is 29.3 Å². The van der Waals surface area contributed by atoms with Gasteiger partial charge in [-0.3, -0.25) is 0 Å². The van der Waals surface area contributed by atoms with Crippen LogP contribution in [-0.4, -0.2) is 10.2 Å². The van der Waals surface area contributed by atoms with Gasteiger partial charge in [-0.05, 0) is 13.0 Å². The molecule has 0 aliphatic heterocycles. The van der Waals surface area contributed by atoms with Crippen LogP contribution in [0, 0.1) is 11.6 Å². The number of halogens is 2. The fourth-order valence-corrected chi connectivity index (χ4v) is 0.904. The summed E-state index contributed by atoms with van der Waals surface area (Å²) in [5, 5.41) is 18.0. The number of phenols is 1. The molecule has 0 saturated carbocycles. The van der Waals surface area contributed by atoms with Crippen molar-refractivity contribution < 1.29 is 19.0 Å². The standard InChI is InChI=1S/C8H8F2O2/c1-4(11)6-2-5(9)3-7(10)8(6)12/h2-4,11-12H,1H3/t4-/m0/s1. The van der Waals surface area contributed by atoms with E-state index in [0.717, 1.165) is 6.07 Å². The lowest BCUT2D eigenvalue weighted by molar-refractivity contribution is 0.193. The second-order valence-electron chi connectivity index (χ2n) is 2.50.